The van der Waals surface area contributed by atoms with Gasteiger partial charge < -0.3 is 18.6 Å². The minimum atomic E-state index is -0.327. The molecule has 25 heavy (non-hydrogen) atoms. The molecule has 2 saturated heterocycles. The third kappa shape index (κ3) is 2.74. The van der Waals surface area contributed by atoms with E-state index in [0.29, 0.717) is 30.6 Å². The summed E-state index contributed by atoms with van der Waals surface area (Å²) in [5.41, 5.74) is 0.336. The number of likely N-dealkylation sites (tertiary alicyclic amines) is 1. The Balaban J connectivity index is 1.43. The van der Waals surface area contributed by atoms with Crippen molar-refractivity contribution in [3.05, 3.63) is 18.4 Å². The zero-order chi connectivity index (χ0) is 17.8. The fourth-order valence-corrected chi connectivity index (χ4v) is 3.75. The van der Waals surface area contributed by atoms with Crippen LogP contribution in [-0.2, 0) is 22.0 Å². The highest BCUT2D eigenvalue weighted by Crippen LogP contribution is 2.37. The molecule has 0 aliphatic carbocycles. The number of hydrogen-bond acceptors (Lipinski definition) is 6. The van der Waals surface area contributed by atoms with Crippen molar-refractivity contribution in [2.75, 3.05) is 13.1 Å². The standard InChI is InChI=1S/C17H23N5O3/c1-10-5-11(2)24-13(10)15(23)22-7-17(3,8-22)16-20-19-14(25-16)12-6-21(4)9-18-12/h6,9-11,13H,5,7-8H2,1-4H3. The van der Waals surface area contributed by atoms with Crippen molar-refractivity contribution in [2.45, 2.75) is 44.8 Å². The first-order valence-corrected chi connectivity index (χ1v) is 8.62. The number of aromatic nitrogens is 4. The molecular formula is C17H23N5O3. The first-order valence-electron chi connectivity index (χ1n) is 8.62. The minimum absolute atomic E-state index is 0.0683. The van der Waals surface area contributed by atoms with E-state index >= 15 is 0 Å². The van der Waals surface area contributed by atoms with Crippen LogP contribution < -0.4 is 0 Å². The molecule has 4 rings (SSSR count). The fourth-order valence-electron chi connectivity index (χ4n) is 3.75. The maximum Gasteiger partial charge on any atom is 0.267 e. The van der Waals surface area contributed by atoms with Crippen LogP contribution in [0.15, 0.2) is 16.9 Å². The van der Waals surface area contributed by atoms with E-state index in [1.54, 1.807) is 6.33 Å². The molecular weight excluding hydrogens is 322 g/mol. The predicted octanol–water partition coefficient (Wildman–Crippen LogP) is 1.38. The third-order valence-corrected chi connectivity index (χ3v) is 5.10. The zero-order valence-corrected chi connectivity index (χ0v) is 15.0. The van der Waals surface area contributed by atoms with Gasteiger partial charge in [0, 0.05) is 26.3 Å². The van der Waals surface area contributed by atoms with Crippen molar-refractivity contribution in [1.29, 1.82) is 0 Å². The molecule has 4 heterocycles. The molecule has 2 aliphatic heterocycles. The lowest BCUT2D eigenvalue weighted by Crippen LogP contribution is -2.62. The number of nitrogens with zero attached hydrogens (tertiary/aromatic N) is 5. The van der Waals surface area contributed by atoms with E-state index in [2.05, 4.69) is 22.1 Å². The average molecular weight is 345 g/mol. The van der Waals surface area contributed by atoms with Crippen molar-refractivity contribution in [3.8, 4) is 11.6 Å². The van der Waals surface area contributed by atoms with Crippen LogP contribution in [0.2, 0.25) is 0 Å². The summed E-state index contributed by atoms with van der Waals surface area (Å²) in [6.07, 6.45) is 4.27. The summed E-state index contributed by atoms with van der Waals surface area (Å²) < 4.78 is 13.4. The summed E-state index contributed by atoms with van der Waals surface area (Å²) in [6, 6.07) is 0. The van der Waals surface area contributed by atoms with Crippen LogP contribution in [0.3, 0.4) is 0 Å². The number of amides is 1. The molecule has 0 N–H and O–H groups in total. The van der Waals surface area contributed by atoms with E-state index < -0.39 is 0 Å². The Morgan fingerprint density at radius 1 is 1.32 bits per heavy atom. The van der Waals surface area contributed by atoms with E-state index in [-0.39, 0.29) is 29.4 Å². The van der Waals surface area contributed by atoms with Crippen molar-refractivity contribution in [2.24, 2.45) is 13.0 Å². The van der Waals surface area contributed by atoms with Gasteiger partial charge in [-0.15, -0.1) is 10.2 Å². The summed E-state index contributed by atoms with van der Waals surface area (Å²) >= 11 is 0. The topological polar surface area (TPSA) is 86.3 Å². The Hall–Kier alpha value is -2.22. The van der Waals surface area contributed by atoms with Gasteiger partial charge in [0.1, 0.15) is 11.8 Å². The number of ether oxygens (including phenoxy) is 1. The summed E-state index contributed by atoms with van der Waals surface area (Å²) in [6.45, 7) is 7.26. The quantitative estimate of drug-likeness (QED) is 0.835. The third-order valence-electron chi connectivity index (χ3n) is 5.10. The van der Waals surface area contributed by atoms with Gasteiger partial charge in [0.05, 0.1) is 17.8 Å². The first kappa shape index (κ1) is 16.3. The van der Waals surface area contributed by atoms with Gasteiger partial charge >= 0.3 is 0 Å². The van der Waals surface area contributed by atoms with Gasteiger partial charge in [-0.25, -0.2) is 4.98 Å². The lowest BCUT2D eigenvalue weighted by atomic mass is 9.81. The molecule has 3 unspecified atom stereocenters. The van der Waals surface area contributed by atoms with Crippen LogP contribution in [0.1, 0.15) is 33.1 Å². The number of aryl methyl sites for hydroxylation is 1. The van der Waals surface area contributed by atoms with Gasteiger partial charge in [-0.1, -0.05) is 6.92 Å². The maximum absolute atomic E-state index is 12.7. The van der Waals surface area contributed by atoms with E-state index in [1.807, 2.05) is 36.6 Å². The van der Waals surface area contributed by atoms with Crippen LogP contribution in [0.25, 0.3) is 11.6 Å². The second kappa shape index (κ2) is 5.66. The van der Waals surface area contributed by atoms with Gasteiger partial charge in [0.15, 0.2) is 0 Å². The smallest absolute Gasteiger partial charge is 0.267 e. The molecule has 0 spiro atoms. The Kier molecular flexibility index (Phi) is 3.68. The van der Waals surface area contributed by atoms with Crippen molar-refractivity contribution >= 4 is 5.91 Å². The molecule has 8 nitrogen and oxygen atoms in total. The van der Waals surface area contributed by atoms with E-state index in [9.17, 15) is 4.79 Å². The lowest BCUT2D eigenvalue weighted by molar-refractivity contribution is -0.152. The van der Waals surface area contributed by atoms with Crippen molar-refractivity contribution in [1.82, 2.24) is 24.6 Å². The molecule has 2 fully saturated rings. The first-order chi connectivity index (χ1) is 11.9. The summed E-state index contributed by atoms with van der Waals surface area (Å²) in [4.78, 5) is 18.7. The molecule has 134 valence electrons. The second-order valence-corrected chi connectivity index (χ2v) is 7.67. The van der Waals surface area contributed by atoms with Gasteiger partial charge in [-0.3, -0.25) is 4.79 Å². The van der Waals surface area contributed by atoms with E-state index in [1.165, 1.54) is 0 Å². The number of rotatable bonds is 3. The Bertz CT molecular complexity index is 792. The normalized spacial score (nSPS) is 28.2. The SMILES string of the molecule is CC1CC(C)C(C(=O)N2CC(C)(c3nnc(-c4cn(C)cn4)o3)C2)O1. The highest BCUT2D eigenvalue weighted by Gasteiger charge is 2.50. The number of carbonyl (C=O) groups is 1. The molecule has 1 amide bonds. The second-order valence-electron chi connectivity index (χ2n) is 7.67. The largest absolute Gasteiger partial charge is 0.418 e. The molecule has 2 aromatic rings. The maximum atomic E-state index is 12.7. The predicted molar refractivity (Wildman–Crippen MR) is 88.5 cm³/mol. The molecule has 0 bridgehead atoms. The molecule has 0 radical (unpaired) electrons. The molecule has 2 aromatic heterocycles. The number of carbonyl (C=O) groups excluding carboxylic acids is 1. The molecule has 0 saturated carbocycles. The molecule has 8 heteroatoms. The van der Waals surface area contributed by atoms with Crippen LogP contribution in [0, 0.1) is 5.92 Å². The highest BCUT2D eigenvalue weighted by molar-refractivity contribution is 5.82. The van der Waals surface area contributed by atoms with Crippen LogP contribution >= 0.6 is 0 Å². The monoisotopic (exact) mass is 345 g/mol. The van der Waals surface area contributed by atoms with Crippen LogP contribution in [-0.4, -0.2) is 55.9 Å². The van der Waals surface area contributed by atoms with Gasteiger partial charge in [0.25, 0.3) is 11.8 Å². The van der Waals surface area contributed by atoms with Crippen LogP contribution in [0.4, 0.5) is 0 Å². The van der Waals surface area contributed by atoms with Gasteiger partial charge in [0.2, 0.25) is 5.89 Å². The minimum Gasteiger partial charge on any atom is -0.418 e. The van der Waals surface area contributed by atoms with Gasteiger partial charge in [-0.2, -0.15) is 0 Å². The Morgan fingerprint density at radius 3 is 2.68 bits per heavy atom. The lowest BCUT2D eigenvalue weighted by Gasteiger charge is -2.46. The highest BCUT2D eigenvalue weighted by atomic mass is 16.5. The number of imidazole rings is 1. The molecule has 3 atom stereocenters. The van der Waals surface area contributed by atoms with Gasteiger partial charge in [-0.05, 0) is 26.2 Å². The summed E-state index contributed by atoms with van der Waals surface area (Å²) in [7, 11) is 1.89. The van der Waals surface area contributed by atoms with Crippen molar-refractivity contribution in [3.63, 3.8) is 0 Å². The fraction of sp³-hybridized carbons (Fsp3) is 0.647. The number of hydrogen-bond donors (Lipinski definition) is 0. The Labute approximate surface area is 146 Å². The molecule has 0 aromatic carbocycles. The van der Waals surface area contributed by atoms with Crippen LogP contribution in [0.5, 0.6) is 0 Å². The van der Waals surface area contributed by atoms with E-state index in [0.717, 1.165) is 6.42 Å². The summed E-state index contributed by atoms with van der Waals surface area (Å²) in [5, 5.41) is 8.28. The van der Waals surface area contributed by atoms with E-state index in [4.69, 9.17) is 9.15 Å². The zero-order valence-electron chi connectivity index (χ0n) is 15.0. The average Bonchev–Trinajstić information content (AvgIpc) is 3.23. The Morgan fingerprint density at radius 2 is 2.08 bits per heavy atom. The summed E-state index contributed by atoms with van der Waals surface area (Å²) in [5.74, 6) is 1.28. The molecule has 2 aliphatic rings. The van der Waals surface area contributed by atoms with Crippen molar-refractivity contribution < 1.29 is 13.9 Å².